The van der Waals surface area contributed by atoms with Crippen molar-refractivity contribution in [2.75, 3.05) is 0 Å². The lowest BCUT2D eigenvalue weighted by molar-refractivity contribution is 0.0684. The van der Waals surface area contributed by atoms with Crippen LogP contribution in [0.3, 0.4) is 0 Å². The molecule has 9 nitrogen and oxygen atoms in total. The molecule has 0 bridgehead atoms. The van der Waals surface area contributed by atoms with Gasteiger partial charge in [0.05, 0.1) is 11.3 Å². The van der Waals surface area contributed by atoms with E-state index in [4.69, 9.17) is 21.7 Å². The van der Waals surface area contributed by atoms with Crippen LogP contribution in [0.4, 0.5) is 5.69 Å². The Hall–Kier alpha value is -4.24. The molecular formula is C20H17N5O4. The van der Waals surface area contributed by atoms with Crippen LogP contribution >= 0.6 is 0 Å². The van der Waals surface area contributed by atoms with Crippen molar-refractivity contribution < 1.29 is 19.4 Å². The Morgan fingerprint density at radius 3 is 2.38 bits per heavy atom. The van der Waals surface area contributed by atoms with Crippen molar-refractivity contribution in [1.29, 1.82) is 5.41 Å². The van der Waals surface area contributed by atoms with E-state index in [1.165, 1.54) is 36.7 Å². The number of carboxylic acids is 1. The molecule has 0 aliphatic carbocycles. The maximum atomic E-state index is 12.5. The van der Waals surface area contributed by atoms with Crippen molar-refractivity contribution >= 4 is 40.6 Å². The number of carboxylic acid groups (broad SMARTS) is 1. The largest absolute Gasteiger partial charge is 0.478 e. The fourth-order valence-corrected chi connectivity index (χ4v) is 2.74. The summed E-state index contributed by atoms with van der Waals surface area (Å²) >= 11 is 0. The van der Waals surface area contributed by atoms with Crippen LogP contribution in [-0.4, -0.2) is 29.2 Å². The van der Waals surface area contributed by atoms with Gasteiger partial charge in [-0.3, -0.25) is 5.41 Å². The van der Waals surface area contributed by atoms with Crippen LogP contribution < -0.4 is 21.7 Å². The number of fused-ring (bicyclic) bond motifs is 1. The molecule has 0 heterocycles. The topological polar surface area (TPSA) is 164 Å². The van der Waals surface area contributed by atoms with Gasteiger partial charge in [-0.1, -0.05) is 18.2 Å². The second kappa shape index (κ2) is 8.19. The number of hydrazine groups is 1. The summed E-state index contributed by atoms with van der Waals surface area (Å²) in [6.07, 6.45) is 1.29. The summed E-state index contributed by atoms with van der Waals surface area (Å²) in [5.41, 5.74) is 8.86. The molecule has 29 heavy (non-hydrogen) atoms. The van der Waals surface area contributed by atoms with E-state index in [0.29, 0.717) is 22.0 Å². The normalized spacial score (nSPS) is 10.8. The van der Waals surface area contributed by atoms with Gasteiger partial charge in [0.25, 0.3) is 0 Å². The van der Waals surface area contributed by atoms with Crippen LogP contribution in [0.1, 0.15) is 26.3 Å². The average molecular weight is 391 g/mol. The zero-order chi connectivity index (χ0) is 21.0. The number of carbonyl (C=O) groups is 2. The molecule has 0 radical (unpaired) electrons. The van der Waals surface area contributed by atoms with E-state index in [2.05, 4.69) is 10.4 Å². The number of esters is 1. The standard InChI is InChI=1S/C20H17N5O4/c21-18(22)13-3-7-15-12(9-13)4-8-16(17(15)19(26)27)29-20(28)11-1-5-14(6-2-11)24-10-25-23/h1-10H,23H2,(H3,21,22)(H,24,25)(H,26,27). The highest BCUT2D eigenvalue weighted by molar-refractivity contribution is 6.09. The monoisotopic (exact) mass is 391 g/mol. The third-order valence-electron chi connectivity index (χ3n) is 4.10. The van der Waals surface area contributed by atoms with E-state index in [1.807, 2.05) is 0 Å². The molecule has 0 saturated carbocycles. The van der Waals surface area contributed by atoms with Gasteiger partial charge in [-0.15, -0.1) is 0 Å². The van der Waals surface area contributed by atoms with Crippen LogP contribution in [0.25, 0.3) is 10.8 Å². The summed E-state index contributed by atoms with van der Waals surface area (Å²) < 4.78 is 5.34. The first-order valence-corrected chi connectivity index (χ1v) is 8.36. The Kier molecular flexibility index (Phi) is 5.51. The number of amidine groups is 1. The highest BCUT2D eigenvalue weighted by Gasteiger charge is 2.19. The first-order chi connectivity index (χ1) is 13.9. The molecule has 9 heteroatoms. The SMILES string of the molecule is N=C(N)c1ccc2c(C(=O)O)c(OC(=O)c3ccc(N=CNN)cc3)ccc2c1. The molecule has 0 saturated heterocycles. The molecule has 0 fully saturated rings. The molecule has 0 spiro atoms. The van der Waals surface area contributed by atoms with E-state index < -0.39 is 11.9 Å². The summed E-state index contributed by atoms with van der Waals surface area (Å²) in [6.45, 7) is 0. The van der Waals surface area contributed by atoms with E-state index in [9.17, 15) is 14.7 Å². The number of nitrogens with one attached hydrogen (secondary N) is 2. The highest BCUT2D eigenvalue weighted by Crippen LogP contribution is 2.30. The number of aromatic carboxylic acids is 1. The minimum Gasteiger partial charge on any atom is -0.478 e. The van der Waals surface area contributed by atoms with E-state index in [1.54, 1.807) is 24.3 Å². The molecule has 7 N–H and O–H groups in total. The molecule has 146 valence electrons. The molecule has 0 unspecified atom stereocenters. The van der Waals surface area contributed by atoms with Crippen molar-refractivity contribution in [3.63, 3.8) is 0 Å². The van der Waals surface area contributed by atoms with Gasteiger partial charge in [-0.2, -0.15) is 0 Å². The number of carbonyl (C=O) groups excluding carboxylic acids is 1. The van der Waals surface area contributed by atoms with Gasteiger partial charge < -0.3 is 21.0 Å². The highest BCUT2D eigenvalue weighted by atomic mass is 16.5. The van der Waals surface area contributed by atoms with Gasteiger partial charge in [-0.25, -0.2) is 20.4 Å². The molecule has 0 aromatic heterocycles. The number of benzene rings is 3. The van der Waals surface area contributed by atoms with E-state index >= 15 is 0 Å². The van der Waals surface area contributed by atoms with Crippen molar-refractivity contribution in [3.8, 4) is 5.75 Å². The second-order valence-corrected chi connectivity index (χ2v) is 5.95. The third kappa shape index (κ3) is 4.20. The number of nitrogen functional groups attached to an aromatic ring is 1. The number of rotatable bonds is 6. The van der Waals surface area contributed by atoms with Gasteiger partial charge in [0.15, 0.2) is 0 Å². The molecule has 0 aliphatic rings. The number of ether oxygens (including phenoxy) is 1. The minimum absolute atomic E-state index is 0.0833. The maximum absolute atomic E-state index is 12.5. The summed E-state index contributed by atoms with van der Waals surface area (Å²) in [5.74, 6) is 2.94. The van der Waals surface area contributed by atoms with Gasteiger partial charge >= 0.3 is 11.9 Å². The van der Waals surface area contributed by atoms with Crippen LogP contribution in [0.2, 0.25) is 0 Å². The zero-order valence-corrected chi connectivity index (χ0v) is 15.0. The number of hydrogen-bond acceptors (Lipinski definition) is 6. The lowest BCUT2D eigenvalue weighted by Crippen LogP contribution is -2.18. The molecule has 3 rings (SSSR count). The predicted molar refractivity (Wildman–Crippen MR) is 109 cm³/mol. The second-order valence-electron chi connectivity index (χ2n) is 5.95. The van der Waals surface area contributed by atoms with Gasteiger partial charge in [0.2, 0.25) is 0 Å². The van der Waals surface area contributed by atoms with Crippen LogP contribution in [0.5, 0.6) is 5.75 Å². The van der Waals surface area contributed by atoms with E-state index in [-0.39, 0.29) is 22.7 Å². The zero-order valence-electron chi connectivity index (χ0n) is 15.0. The Balaban J connectivity index is 1.94. The summed E-state index contributed by atoms with van der Waals surface area (Å²) in [6, 6.07) is 13.9. The Bertz CT molecular complexity index is 1140. The number of nitrogens with two attached hydrogens (primary N) is 2. The molecule has 0 aliphatic heterocycles. The summed E-state index contributed by atoms with van der Waals surface area (Å²) in [5, 5.41) is 18.1. The minimum atomic E-state index is -1.24. The van der Waals surface area contributed by atoms with Gasteiger partial charge in [0.1, 0.15) is 23.5 Å². The number of nitrogens with zero attached hydrogens (tertiary/aromatic N) is 1. The lowest BCUT2D eigenvalue weighted by atomic mass is 10.0. The summed E-state index contributed by atoms with van der Waals surface area (Å²) in [7, 11) is 0. The molecule has 3 aromatic rings. The maximum Gasteiger partial charge on any atom is 0.343 e. The first kappa shape index (κ1) is 19.5. The van der Waals surface area contributed by atoms with Crippen molar-refractivity contribution in [2.45, 2.75) is 0 Å². The molecule has 3 aromatic carbocycles. The average Bonchev–Trinajstić information content (AvgIpc) is 2.71. The van der Waals surface area contributed by atoms with Gasteiger partial charge in [-0.05, 0) is 41.8 Å². The van der Waals surface area contributed by atoms with Crippen molar-refractivity contribution in [3.05, 3.63) is 71.3 Å². The number of hydrogen-bond donors (Lipinski definition) is 5. The third-order valence-corrected chi connectivity index (χ3v) is 4.10. The lowest BCUT2D eigenvalue weighted by Gasteiger charge is -2.11. The quantitative estimate of drug-likeness (QED) is 0.107. The van der Waals surface area contributed by atoms with Gasteiger partial charge in [0, 0.05) is 10.9 Å². The molecule has 0 amide bonds. The fraction of sp³-hybridized carbons (Fsp3) is 0. The number of aliphatic imine (C=N–C) groups is 1. The van der Waals surface area contributed by atoms with Crippen LogP contribution in [0.15, 0.2) is 59.6 Å². The smallest absolute Gasteiger partial charge is 0.343 e. The summed E-state index contributed by atoms with van der Waals surface area (Å²) in [4.78, 5) is 28.3. The Morgan fingerprint density at radius 2 is 1.76 bits per heavy atom. The first-order valence-electron chi connectivity index (χ1n) is 8.36. The fourth-order valence-electron chi connectivity index (χ4n) is 2.74. The Labute approximate surface area is 165 Å². The Morgan fingerprint density at radius 1 is 1.07 bits per heavy atom. The predicted octanol–water partition coefficient (Wildman–Crippen LogP) is 2.16. The van der Waals surface area contributed by atoms with Crippen molar-refractivity contribution in [2.24, 2.45) is 16.6 Å². The van der Waals surface area contributed by atoms with Crippen LogP contribution in [0, 0.1) is 5.41 Å². The van der Waals surface area contributed by atoms with Crippen LogP contribution in [-0.2, 0) is 0 Å². The molecule has 0 atom stereocenters. The van der Waals surface area contributed by atoms with Crippen molar-refractivity contribution in [1.82, 2.24) is 5.43 Å². The molecular weight excluding hydrogens is 374 g/mol. The van der Waals surface area contributed by atoms with E-state index in [0.717, 1.165) is 0 Å².